The van der Waals surface area contributed by atoms with E-state index in [1.807, 2.05) is 24.3 Å². The van der Waals surface area contributed by atoms with Crippen LogP contribution in [0.3, 0.4) is 0 Å². The van der Waals surface area contributed by atoms with E-state index in [1.54, 1.807) is 11.8 Å². The van der Waals surface area contributed by atoms with Gasteiger partial charge in [0.2, 0.25) is 0 Å². The largest absolute Gasteiger partial charge is 0.307 e. The Morgan fingerprint density at radius 2 is 1.48 bits per heavy atom. The van der Waals surface area contributed by atoms with E-state index in [-0.39, 0.29) is 6.04 Å². The smallest absolute Gasteiger partial charge is 0.169 e. The Morgan fingerprint density at radius 1 is 0.840 bits per heavy atom. The second-order valence-electron chi connectivity index (χ2n) is 5.82. The molecule has 0 N–H and O–H groups in total. The minimum atomic E-state index is 0.0494. The first kappa shape index (κ1) is 16.2. The average Bonchev–Trinajstić information content (AvgIpc) is 3.03. The maximum atomic E-state index is 6.12. The molecule has 0 aliphatic carbocycles. The van der Waals surface area contributed by atoms with Crippen LogP contribution in [0.25, 0.3) is 11.0 Å². The van der Waals surface area contributed by atoms with E-state index in [1.165, 1.54) is 11.1 Å². The molecule has 1 heterocycles. The van der Waals surface area contributed by atoms with Crippen molar-refractivity contribution >= 4 is 34.4 Å². The highest BCUT2D eigenvalue weighted by Crippen LogP contribution is 2.34. The molecule has 0 aliphatic rings. The fraction of sp³-hybridized carbons (Fsp3) is 0.0952. The van der Waals surface area contributed by atoms with Crippen LogP contribution in [0.4, 0.5) is 0 Å². The molecule has 4 heteroatoms. The number of thioether (sulfide) groups is 1. The van der Waals surface area contributed by atoms with Gasteiger partial charge in [0.15, 0.2) is 5.16 Å². The van der Waals surface area contributed by atoms with E-state index in [9.17, 15) is 0 Å². The Bertz CT molecular complexity index is 994. The van der Waals surface area contributed by atoms with Crippen molar-refractivity contribution in [3.63, 3.8) is 0 Å². The summed E-state index contributed by atoms with van der Waals surface area (Å²) >= 11 is 7.79. The van der Waals surface area contributed by atoms with Gasteiger partial charge >= 0.3 is 0 Å². The van der Waals surface area contributed by atoms with Crippen LogP contribution in [0.15, 0.2) is 84.0 Å². The van der Waals surface area contributed by atoms with E-state index >= 15 is 0 Å². The van der Waals surface area contributed by atoms with Gasteiger partial charge < -0.3 is 4.57 Å². The number of hydrogen-bond acceptors (Lipinski definition) is 2. The summed E-state index contributed by atoms with van der Waals surface area (Å²) in [5.74, 6) is 0. The molecule has 3 aromatic carbocycles. The van der Waals surface area contributed by atoms with Crippen LogP contribution in [0.5, 0.6) is 0 Å². The second kappa shape index (κ2) is 6.95. The van der Waals surface area contributed by atoms with E-state index in [0.29, 0.717) is 0 Å². The minimum Gasteiger partial charge on any atom is -0.307 e. The van der Waals surface area contributed by atoms with Crippen LogP contribution in [0.2, 0.25) is 5.02 Å². The first-order chi connectivity index (χ1) is 12.3. The molecule has 124 valence electrons. The van der Waals surface area contributed by atoms with Gasteiger partial charge in [-0.15, -0.1) is 0 Å². The Morgan fingerprint density at radius 3 is 2.20 bits per heavy atom. The molecular weight excluding hydrogens is 348 g/mol. The molecule has 0 saturated heterocycles. The van der Waals surface area contributed by atoms with Crippen molar-refractivity contribution in [2.45, 2.75) is 11.2 Å². The van der Waals surface area contributed by atoms with Gasteiger partial charge in [-0.25, -0.2) is 4.98 Å². The van der Waals surface area contributed by atoms with Crippen molar-refractivity contribution < 1.29 is 0 Å². The lowest BCUT2D eigenvalue weighted by atomic mass is 9.98. The number of imidazole rings is 1. The fourth-order valence-corrected chi connectivity index (χ4v) is 3.90. The number of halogens is 1. The zero-order chi connectivity index (χ0) is 17.2. The lowest BCUT2D eigenvalue weighted by molar-refractivity contribution is 0.634. The van der Waals surface area contributed by atoms with Crippen molar-refractivity contribution in [2.24, 2.45) is 0 Å². The van der Waals surface area contributed by atoms with Crippen LogP contribution >= 0.6 is 23.4 Å². The Kier molecular flexibility index (Phi) is 4.51. The predicted octanol–water partition coefficient (Wildman–Crippen LogP) is 6.05. The fourth-order valence-electron chi connectivity index (χ4n) is 3.19. The lowest BCUT2D eigenvalue weighted by Gasteiger charge is -2.22. The molecule has 0 bridgehead atoms. The van der Waals surface area contributed by atoms with E-state index in [2.05, 4.69) is 65.4 Å². The van der Waals surface area contributed by atoms with Gasteiger partial charge in [0.1, 0.15) is 0 Å². The van der Waals surface area contributed by atoms with Crippen molar-refractivity contribution in [1.29, 1.82) is 0 Å². The summed E-state index contributed by atoms with van der Waals surface area (Å²) in [6, 6.07) is 27.0. The van der Waals surface area contributed by atoms with E-state index in [0.717, 1.165) is 21.2 Å². The van der Waals surface area contributed by atoms with Crippen LogP contribution in [-0.2, 0) is 0 Å². The van der Waals surface area contributed by atoms with Gasteiger partial charge in [0.25, 0.3) is 0 Å². The summed E-state index contributed by atoms with van der Waals surface area (Å²) in [6.07, 6.45) is 2.07. The van der Waals surface area contributed by atoms with E-state index < -0.39 is 0 Å². The quantitative estimate of drug-likeness (QED) is 0.410. The number of rotatable bonds is 4. The maximum Gasteiger partial charge on any atom is 0.169 e. The molecule has 0 radical (unpaired) electrons. The summed E-state index contributed by atoms with van der Waals surface area (Å²) in [6.45, 7) is 0. The van der Waals surface area contributed by atoms with Crippen LogP contribution in [0.1, 0.15) is 17.2 Å². The second-order valence-corrected chi connectivity index (χ2v) is 7.03. The minimum absolute atomic E-state index is 0.0494. The van der Waals surface area contributed by atoms with Crippen LogP contribution in [-0.4, -0.2) is 15.8 Å². The van der Waals surface area contributed by atoms with Gasteiger partial charge in [-0.3, -0.25) is 0 Å². The number of aromatic nitrogens is 2. The number of hydrogen-bond donors (Lipinski definition) is 0. The lowest BCUT2D eigenvalue weighted by Crippen LogP contribution is -2.13. The molecule has 0 amide bonds. The molecule has 0 saturated carbocycles. The number of para-hydroxylation sites is 2. The Hall–Kier alpha value is -2.23. The molecule has 25 heavy (non-hydrogen) atoms. The van der Waals surface area contributed by atoms with Crippen molar-refractivity contribution in [1.82, 2.24) is 9.55 Å². The third kappa shape index (κ3) is 3.06. The first-order valence-electron chi connectivity index (χ1n) is 8.09. The predicted molar refractivity (Wildman–Crippen MR) is 107 cm³/mol. The normalized spacial score (nSPS) is 12.4. The Labute approximate surface area is 156 Å². The van der Waals surface area contributed by atoms with Gasteiger partial charge in [0.05, 0.1) is 17.1 Å². The first-order valence-corrected chi connectivity index (χ1v) is 9.69. The molecule has 4 rings (SSSR count). The zero-order valence-electron chi connectivity index (χ0n) is 13.8. The molecule has 0 spiro atoms. The molecule has 2 nitrogen and oxygen atoms in total. The summed E-state index contributed by atoms with van der Waals surface area (Å²) in [5, 5.41) is 1.75. The summed E-state index contributed by atoms with van der Waals surface area (Å²) in [4.78, 5) is 4.82. The molecule has 4 aromatic rings. The maximum absolute atomic E-state index is 6.12. The van der Waals surface area contributed by atoms with Crippen LogP contribution < -0.4 is 0 Å². The third-order valence-corrected chi connectivity index (χ3v) is 5.21. The van der Waals surface area contributed by atoms with Crippen LogP contribution in [0, 0.1) is 0 Å². The number of nitrogens with zero attached hydrogens (tertiary/aromatic N) is 2. The highest BCUT2D eigenvalue weighted by atomic mass is 35.5. The highest BCUT2D eigenvalue weighted by Gasteiger charge is 2.22. The summed E-state index contributed by atoms with van der Waals surface area (Å²) in [5.41, 5.74) is 4.56. The van der Waals surface area contributed by atoms with Gasteiger partial charge in [-0.1, -0.05) is 78.0 Å². The van der Waals surface area contributed by atoms with Crippen molar-refractivity contribution in [2.75, 3.05) is 6.26 Å². The molecule has 1 atom stereocenters. The zero-order valence-corrected chi connectivity index (χ0v) is 15.3. The number of benzene rings is 3. The Balaban J connectivity index is 2.00. The van der Waals surface area contributed by atoms with Gasteiger partial charge in [0, 0.05) is 5.02 Å². The van der Waals surface area contributed by atoms with Crippen molar-refractivity contribution in [3.05, 3.63) is 95.0 Å². The van der Waals surface area contributed by atoms with Gasteiger partial charge in [-0.2, -0.15) is 0 Å². The molecule has 0 unspecified atom stereocenters. The highest BCUT2D eigenvalue weighted by molar-refractivity contribution is 7.98. The summed E-state index contributed by atoms with van der Waals surface area (Å²) < 4.78 is 2.32. The third-order valence-electron chi connectivity index (χ3n) is 4.31. The summed E-state index contributed by atoms with van der Waals surface area (Å²) in [7, 11) is 0. The number of fused-ring (bicyclic) bond motifs is 1. The average molecular weight is 365 g/mol. The van der Waals surface area contributed by atoms with E-state index in [4.69, 9.17) is 16.6 Å². The monoisotopic (exact) mass is 364 g/mol. The van der Waals surface area contributed by atoms with Gasteiger partial charge in [-0.05, 0) is 41.6 Å². The molecule has 0 aliphatic heterocycles. The molecule has 1 aromatic heterocycles. The topological polar surface area (TPSA) is 17.8 Å². The SMILES string of the molecule is CSc1nc2ccccc2n1[C@H](c1ccccc1)c1ccc(Cl)cc1. The molecule has 0 fully saturated rings. The molecular formula is C21H17ClN2S. The van der Waals surface area contributed by atoms with Crippen molar-refractivity contribution in [3.8, 4) is 0 Å². The standard InChI is InChI=1S/C21H17ClN2S/c1-25-21-23-18-9-5-6-10-19(18)24(21)20(15-7-3-2-4-8-15)16-11-13-17(22)14-12-16/h2-14,20H,1H3/t20-/m1/s1.